The Bertz CT molecular complexity index is 516. The fraction of sp³-hybridized carbons (Fsp3) is 0.143. The van der Waals surface area contributed by atoms with Crippen molar-refractivity contribution in [2.75, 3.05) is 11.9 Å². The second-order valence-corrected chi connectivity index (χ2v) is 4.08. The third-order valence-corrected chi connectivity index (χ3v) is 2.61. The zero-order valence-corrected chi connectivity index (χ0v) is 10.6. The molecule has 2 rings (SSSR count). The number of aliphatic imine (C=N–C) groups is 2. The molecule has 0 saturated carbocycles. The van der Waals surface area contributed by atoms with E-state index in [4.69, 9.17) is 5.73 Å². The SMILES string of the molecule is C=N/C(=C\C(N)=N/CC1C=CN1)Nc1ccccc1. The minimum absolute atomic E-state index is 0.286. The molecule has 1 atom stereocenters. The van der Waals surface area contributed by atoms with Gasteiger partial charge in [0.05, 0.1) is 12.6 Å². The predicted molar refractivity (Wildman–Crippen MR) is 80.2 cm³/mol. The summed E-state index contributed by atoms with van der Waals surface area (Å²) in [5.74, 6) is 0.998. The van der Waals surface area contributed by atoms with Gasteiger partial charge in [-0.25, -0.2) is 4.99 Å². The largest absolute Gasteiger partial charge is 0.384 e. The Kier molecular flexibility index (Phi) is 4.34. The molecule has 1 aromatic rings. The van der Waals surface area contributed by atoms with E-state index >= 15 is 0 Å². The number of hydrogen-bond donors (Lipinski definition) is 3. The summed E-state index contributed by atoms with van der Waals surface area (Å²) in [6, 6.07) is 9.99. The van der Waals surface area contributed by atoms with E-state index in [-0.39, 0.29) is 6.04 Å². The average Bonchev–Trinajstić information content (AvgIpc) is 2.37. The molecule has 5 heteroatoms. The molecule has 5 nitrogen and oxygen atoms in total. The topological polar surface area (TPSA) is 74.8 Å². The van der Waals surface area contributed by atoms with Gasteiger partial charge in [-0.05, 0) is 31.1 Å². The van der Waals surface area contributed by atoms with Gasteiger partial charge in [-0.1, -0.05) is 18.2 Å². The molecule has 0 fully saturated rings. The Morgan fingerprint density at radius 2 is 2.16 bits per heavy atom. The first kappa shape index (κ1) is 12.9. The van der Waals surface area contributed by atoms with Gasteiger partial charge in [0.25, 0.3) is 0 Å². The fourth-order valence-corrected chi connectivity index (χ4v) is 1.53. The lowest BCUT2D eigenvalue weighted by molar-refractivity contribution is 0.652. The van der Waals surface area contributed by atoms with Crippen molar-refractivity contribution in [3.05, 3.63) is 54.5 Å². The summed E-state index contributed by atoms with van der Waals surface area (Å²) in [4.78, 5) is 8.15. The van der Waals surface area contributed by atoms with Crippen molar-refractivity contribution in [1.82, 2.24) is 5.32 Å². The van der Waals surface area contributed by atoms with Crippen LogP contribution in [0.25, 0.3) is 0 Å². The summed E-state index contributed by atoms with van der Waals surface area (Å²) in [5.41, 5.74) is 6.75. The van der Waals surface area contributed by atoms with Crippen LogP contribution in [0, 0.1) is 0 Å². The first-order chi connectivity index (χ1) is 9.28. The van der Waals surface area contributed by atoms with Gasteiger partial charge >= 0.3 is 0 Å². The van der Waals surface area contributed by atoms with Gasteiger partial charge in [0.1, 0.15) is 11.7 Å². The van der Waals surface area contributed by atoms with Gasteiger partial charge in [0, 0.05) is 11.8 Å². The second-order valence-electron chi connectivity index (χ2n) is 4.08. The summed E-state index contributed by atoms with van der Waals surface area (Å²) >= 11 is 0. The maximum absolute atomic E-state index is 5.82. The molecule has 1 aliphatic heterocycles. The molecule has 0 amide bonds. The number of nitrogens with two attached hydrogens (primary N) is 1. The zero-order valence-electron chi connectivity index (χ0n) is 10.6. The Hall–Kier alpha value is -2.56. The highest BCUT2D eigenvalue weighted by Gasteiger charge is 2.06. The lowest BCUT2D eigenvalue weighted by Gasteiger charge is -2.18. The van der Waals surface area contributed by atoms with Crippen LogP contribution in [-0.4, -0.2) is 25.1 Å². The first-order valence-electron chi connectivity index (χ1n) is 6.01. The molecular weight excluding hydrogens is 238 g/mol. The number of nitrogens with zero attached hydrogens (tertiary/aromatic N) is 2. The van der Waals surface area contributed by atoms with E-state index < -0.39 is 0 Å². The number of anilines is 1. The smallest absolute Gasteiger partial charge is 0.133 e. The monoisotopic (exact) mass is 255 g/mol. The van der Waals surface area contributed by atoms with Crippen molar-refractivity contribution in [3.63, 3.8) is 0 Å². The minimum atomic E-state index is 0.286. The highest BCUT2D eigenvalue weighted by atomic mass is 15.0. The predicted octanol–water partition coefficient (Wildman–Crippen LogP) is 1.48. The highest BCUT2D eigenvalue weighted by Crippen LogP contribution is 2.09. The van der Waals surface area contributed by atoms with Crippen LogP contribution < -0.4 is 16.4 Å². The number of benzene rings is 1. The van der Waals surface area contributed by atoms with Gasteiger partial charge < -0.3 is 16.4 Å². The summed E-state index contributed by atoms with van der Waals surface area (Å²) in [6.45, 7) is 4.14. The summed E-state index contributed by atoms with van der Waals surface area (Å²) in [5, 5.41) is 6.21. The first-order valence-corrected chi connectivity index (χ1v) is 6.01. The van der Waals surface area contributed by atoms with E-state index in [1.54, 1.807) is 6.08 Å². The maximum atomic E-state index is 5.82. The van der Waals surface area contributed by atoms with Gasteiger partial charge in [0.2, 0.25) is 0 Å². The Morgan fingerprint density at radius 3 is 2.74 bits per heavy atom. The van der Waals surface area contributed by atoms with Crippen LogP contribution in [0.1, 0.15) is 0 Å². The van der Waals surface area contributed by atoms with Crippen molar-refractivity contribution in [2.45, 2.75) is 6.04 Å². The van der Waals surface area contributed by atoms with Crippen LogP contribution in [0.4, 0.5) is 5.69 Å². The molecule has 0 saturated heterocycles. The minimum Gasteiger partial charge on any atom is -0.384 e. The van der Waals surface area contributed by atoms with E-state index in [9.17, 15) is 0 Å². The van der Waals surface area contributed by atoms with Crippen LogP contribution in [0.5, 0.6) is 0 Å². The third kappa shape index (κ3) is 3.99. The molecule has 1 heterocycles. The van der Waals surface area contributed by atoms with Crippen molar-refractivity contribution >= 4 is 18.2 Å². The van der Waals surface area contributed by atoms with E-state index in [1.807, 2.05) is 42.6 Å². The normalized spacial score (nSPS) is 18.4. The molecule has 0 spiro atoms. The average molecular weight is 255 g/mol. The third-order valence-electron chi connectivity index (χ3n) is 2.61. The number of amidine groups is 1. The van der Waals surface area contributed by atoms with Crippen LogP contribution in [0.3, 0.4) is 0 Å². The van der Waals surface area contributed by atoms with Crippen LogP contribution in [0.15, 0.2) is 64.5 Å². The number of rotatable bonds is 6. The second kappa shape index (κ2) is 6.39. The van der Waals surface area contributed by atoms with Crippen LogP contribution >= 0.6 is 0 Å². The van der Waals surface area contributed by atoms with E-state index in [1.165, 1.54) is 0 Å². The molecule has 0 radical (unpaired) electrons. The summed E-state index contributed by atoms with van der Waals surface area (Å²) < 4.78 is 0. The summed E-state index contributed by atoms with van der Waals surface area (Å²) in [6.07, 6.45) is 5.59. The van der Waals surface area contributed by atoms with Crippen molar-refractivity contribution < 1.29 is 0 Å². The van der Waals surface area contributed by atoms with Crippen LogP contribution in [0.2, 0.25) is 0 Å². The summed E-state index contributed by atoms with van der Waals surface area (Å²) in [7, 11) is 0. The maximum Gasteiger partial charge on any atom is 0.133 e. The van der Waals surface area contributed by atoms with Gasteiger partial charge in [-0.3, -0.25) is 4.99 Å². The molecule has 1 aromatic carbocycles. The lowest BCUT2D eigenvalue weighted by Crippen LogP contribution is -2.33. The molecule has 98 valence electrons. The molecule has 0 bridgehead atoms. The highest BCUT2D eigenvalue weighted by molar-refractivity contribution is 5.92. The number of hydrogen-bond acceptors (Lipinski definition) is 4. The standard InChI is InChI=1S/C14H17N5/c1-16-14(19-11-5-3-2-4-6-11)9-13(15)18-10-12-7-8-17-12/h2-9,12,17,19H,1,10H2,(H2,15,18)/b14-9+. The van der Waals surface area contributed by atoms with Gasteiger partial charge in [-0.2, -0.15) is 0 Å². The molecule has 0 aliphatic carbocycles. The van der Waals surface area contributed by atoms with Crippen molar-refractivity contribution in [1.29, 1.82) is 0 Å². The zero-order chi connectivity index (χ0) is 13.5. The van der Waals surface area contributed by atoms with Crippen molar-refractivity contribution in [3.8, 4) is 0 Å². The molecular formula is C14H17N5. The van der Waals surface area contributed by atoms with E-state index in [2.05, 4.69) is 27.3 Å². The molecule has 19 heavy (non-hydrogen) atoms. The van der Waals surface area contributed by atoms with E-state index in [0.29, 0.717) is 18.2 Å². The molecule has 1 unspecified atom stereocenters. The number of nitrogens with one attached hydrogen (secondary N) is 2. The van der Waals surface area contributed by atoms with Gasteiger partial charge in [0.15, 0.2) is 0 Å². The van der Waals surface area contributed by atoms with Crippen LogP contribution in [-0.2, 0) is 0 Å². The Morgan fingerprint density at radius 1 is 1.42 bits per heavy atom. The van der Waals surface area contributed by atoms with E-state index in [0.717, 1.165) is 5.69 Å². The lowest BCUT2D eigenvalue weighted by atomic mass is 10.2. The quantitative estimate of drug-likeness (QED) is 0.532. The molecule has 1 aliphatic rings. The van der Waals surface area contributed by atoms with Crippen molar-refractivity contribution in [2.24, 2.45) is 15.7 Å². The fourth-order valence-electron chi connectivity index (χ4n) is 1.53. The Balaban J connectivity index is 1.97. The number of para-hydroxylation sites is 1. The molecule has 0 aromatic heterocycles. The molecule has 4 N–H and O–H groups in total. The van der Waals surface area contributed by atoms with Gasteiger partial charge in [-0.15, -0.1) is 0 Å². The Labute approximate surface area is 112 Å².